The zero-order valence-electron chi connectivity index (χ0n) is 7.39. The van der Waals surface area contributed by atoms with Gasteiger partial charge in [0.05, 0.1) is 12.6 Å². The third kappa shape index (κ3) is 2.54. The van der Waals surface area contributed by atoms with Crippen molar-refractivity contribution >= 4 is 5.78 Å². The summed E-state index contributed by atoms with van der Waals surface area (Å²) in [4.78, 5) is 15.9. The summed E-state index contributed by atoms with van der Waals surface area (Å²) in [5, 5.41) is 2.86. The predicted molar refractivity (Wildman–Crippen MR) is 45.1 cm³/mol. The lowest BCUT2D eigenvalue weighted by molar-refractivity contribution is -0.113. The van der Waals surface area contributed by atoms with Crippen LogP contribution in [-0.2, 0) is 9.63 Å². The van der Waals surface area contributed by atoms with Gasteiger partial charge in [-0.25, -0.2) is 0 Å². The normalized spacial score (nSPS) is 18.5. The average molecular weight is 170 g/mol. The maximum Gasteiger partial charge on any atom is 0.178 e. The first-order chi connectivity index (χ1) is 5.72. The Morgan fingerprint density at radius 2 is 2.58 bits per heavy atom. The highest BCUT2D eigenvalue weighted by molar-refractivity contribution is 5.94. The molecule has 1 atom stereocenters. The van der Waals surface area contributed by atoms with Crippen LogP contribution in [0.1, 0.15) is 20.3 Å². The van der Waals surface area contributed by atoms with E-state index in [0.717, 1.165) is 6.42 Å². The van der Waals surface area contributed by atoms with E-state index in [4.69, 9.17) is 4.84 Å². The fourth-order valence-electron chi connectivity index (χ4n) is 0.758. The Labute approximate surface area is 71.9 Å². The molecule has 4 heteroatoms. The molecule has 0 aromatic heterocycles. The van der Waals surface area contributed by atoms with Crippen molar-refractivity contribution in [3.05, 3.63) is 11.9 Å². The third-order valence-corrected chi connectivity index (χ3v) is 1.70. The number of rotatable bonds is 4. The van der Waals surface area contributed by atoms with Gasteiger partial charge >= 0.3 is 0 Å². The van der Waals surface area contributed by atoms with Crippen LogP contribution < -0.4 is 10.8 Å². The van der Waals surface area contributed by atoms with Gasteiger partial charge < -0.3 is 5.32 Å². The SMILES string of the molecule is CCC(C)ONC1=CC(=O)CN1. The average Bonchev–Trinajstić information content (AvgIpc) is 2.47. The minimum absolute atomic E-state index is 0.0743. The number of carbonyl (C=O) groups is 1. The molecular formula is C8H14N2O2. The molecule has 0 saturated heterocycles. The minimum atomic E-state index is 0.0743. The smallest absolute Gasteiger partial charge is 0.178 e. The second-order valence-electron chi connectivity index (χ2n) is 2.82. The van der Waals surface area contributed by atoms with E-state index in [0.29, 0.717) is 12.4 Å². The number of hydrogen-bond acceptors (Lipinski definition) is 4. The van der Waals surface area contributed by atoms with Crippen LogP contribution in [0.25, 0.3) is 0 Å². The summed E-state index contributed by atoms with van der Waals surface area (Å²) in [6.07, 6.45) is 2.60. The van der Waals surface area contributed by atoms with Gasteiger partial charge in [-0.05, 0) is 13.3 Å². The zero-order valence-corrected chi connectivity index (χ0v) is 7.39. The van der Waals surface area contributed by atoms with Gasteiger partial charge in [-0.15, -0.1) is 0 Å². The van der Waals surface area contributed by atoms with Gasteiger partial charge in [0.25, 0.3) is 0 Å². The monoisotopic (exact) mass is 170 g/mol. The van der Waals surface area contributed by atoms with Gasteiger partial charge in [0, 0.05) is 6.08 Å². The fourth-order valence-corrected chi connectivity index (χ4v) is 0.758. The summed E-state index contributed by atoms with van der Waals surface area (Å²) in [6.45, 7) is 4.37. The van der Waals surface area contributed by atoms with Crippen molar-refractivity contribution in [2.45, 2.75) is 26.4 Å². The molecular weight excluding hydrogens is 156 g/mol. The Morgan fingerprint density at radius 3 is 3.08 bits per heavy atom. The van der Waals surface area contributed by atoms with E-state index in [1.807, 2.05) is 13.8 Å². The van der Waals surface area contributed by atoms with Crippen molar-refractivity contribution in [2.24, 2.45) is 0 Å². The fraction of sp³-hybridized carbons (Fsp3) is 0.625. The molecule has 1 heterocycles. The lowest BCUT2D eigenvalue weighted by atomic mass is 10.3. The first-order valence-electron chi connectivity index (χ1n) is 4.12. The van der Waals surface area contributed by atoms with E-state index < -0.39 is 0 Å². The van der Waals surface area contributed by atoms with Crippen LogP contribution in [-0.4, -0.2) is 18.4 Å². The van der Waals surface area contributed by atoms with Crippen molar-refractivity contribution in [3.63, 3.8) is 0 Å². The molecule has 2 N–H and O–H groups in total. The molecule has 1 unspecified atom stereocenters. The van der Waals surface area contributed by atoms with E-state index in [9.17, 15) is 4.79 Å². The minimum Gasteiger partial charge on any atom is -0.363 e. The summed E-state index contributed by atoms with van der Waals surface area (Å²) in [5.74, 6) is 0.727. The first-order valence-corrected chi connectivity index (χ1v) is 4.12. The van der Waals surface area contributed by atoms with Gasteiger partial charge in [-0.3, -0.25) is 15.1 Å². The molecule has 0 bridgehead atoms. The van der Waals surface area contributed by atoms with E-state index in [2.05, 4.69) is 10.8 Å². The molecule has 0 fully saturated rings. The number of hydroxylamine groups is 1. The molecule has 0 aromatic rings. The van der Waals surface area contributed by atoms with E-state index in [1.54, 1.807) is 0 Å². The van der Waals surface area contributed by atoms with Crippen molar-refractivity contribution < 1.29 is 9.63 Å². The highest BCUT2D eigenvalue weighted by atomic mass is 16.7. The zero-order chi connectivity index (χ0) is 8.97. The van der Waals surface area contributed by atoms with Crippen LogP contribution in [0.5, 0.6) is 0 Å². The third-order valence-electron chi connectivity index (χ3n) is 1.70. The van der Waals surface area contributed by atoms with Gasteiger partial charge in [-0.2, -0.15) is 0 Å². The quantitative estimate of drug-likeness (QED) is 0.596. The molecule has 0 aromatic carbocycles. The van der Waals surface area contributed by atoms with Gasteiger partial charge in [0.1, 0.15) is 5.82 Å². The Morgan fingerprint density at radius 1 is 1.83 bits per heavy atom. The maximum atomic E-state index is 10.7. The van der Waals surface area contributed by atoms with Crippen molar-refractivity contribution in [1.82, 2.24) is 10.8 Å². The Hall–Kier alpha value is -1.03. The summed E-state index contributed by atoms with van der Waals surface area (Å²) in [6, 6.07) is 0. The molecule has 1 aliphatic rings. The van der Waals surface area contributed by atoms with Crippen LogP contribution in [0.15, 0.2) is 11.9 Å². The van der Waals surface area contributed by atoms with Gasteiger partial charge in [0.2, 0.25) is 0 Å². The topological polar surface area (TPSA) is 50.4 Å². The number of carbonyl (C=O) groups excluding carboxylic acids is 1. The van der Waals surface area contributed by atoms with Crippen molar-refractivity contribution in [2.75, 3.05) is 6.54 Å². The van der Waals surface area contributed by atoms with E-state index in [1.165, 1.54) is 6.08 Å². The van der Waals surface area contributed by atoms with Crippen LogP contribution in [0.3, 0.4) is 0 Å². The van der Waals surface area contributed by atoms with Crippen LogP contribution in [0.2, 0.25) is 0 Å². The summed E-state index contributed by atoms with van der Waals surface area (Å²) in [5.41, 5.74) is 2.69. The summed E-state index contributed by atoms with van der Waals surface area (Å²) >= 11 is 0. The predicted octanol–water partition coefficient (Wildman–Crippen LogP) is 0.320. The number of ketones is 1. The van der Waals surface area contributed by atoms with E-state index >= 15 is 0 Å². The molecule has 0 aliphatic carbocycles. The molecule has 0 radical (unpaired) electrons. The van der Waals surface area contributed by atoms with Crippen LogP contribution in [0.4, 0.5) is 0 Å². The van der Waals surface area contributed by atoms with Crippen LogP contribution in [0, 0.1) is 0 Å². The molecule has 68 valence electrons. The molecule has 1 aliphatic heterocycles. The molecule has 0 saturated carbocycles. The lowest BCUT2D eigenvalue weighted by Crippen LogP contribution is -2.27. The summed E-state index contributed by atoms with van der Waals surface area (Å²) in [7, 11) is 0. The Kier molecular flexibility index (Phi) is 3.10. The van der Waals surface area contributed by atoms with Crippen LogP contribution >= 0.6 is 0 Å². The molecule has 0 spiro atoms. The Balaban J connectivity index is 2.24. The van der Waals surface area contributed by atoms with Crippen molar-refractivity contribution in [3.8, 4) is 0 Å². The molecule has 12 heavy (non-hydrogen) atoms. The Bertz CT molecular complexity index is 201. The second-order valence-corrected chi connectivity index (χ2v) is 2.82. The highest BCUT2D eigenvalue weighted by Crippen LogP contribution is 1.97. The van der Waals surface area contributed by atoms with E-state index in [-0.39, 0.29) is 11.9 Å². The van der Waals surface area contributed by atoms with Gasteiger partial charge in [-0.1, -0.05) is 6.92 Å². The molecule has 0 amide bonds. The van der Waals surface area contributed by atoms with Crippen molar-refractivity contribution in [1.29, 1.82) is 0 Å². The number of hydrogen-bond donors (Lipinski definition) is 2. The second kappa shape index (κ2) is 4.11. The standard InChI is InChI=1S/C8H14N2O2/c1-3-6(2)12-10-8-4-7(11)5-9-8/h4,6,9-10H,3,5H2,1-2H3. The molecule has 1 rings (SSSR count). The summed E-state index contributed by atoms with van der Waals surface area (Å²) < 4.78 is 0. The maximum absolute atomic E-state index is 10.7. The largest absolute Gasteiger partial charge is 0.363 e. The highest BCUT2D eigenvalue weighted by Gasteiger charge is 2.10. The first kappa shape index (κ1) is 9.06. The number of nitrogens with one attached hydrogen (secondary N) is 2. The lowest BCUT2D eigenvalue weighted by Gasteiger charge is -2.12. The van der Waals surface area contributed by atoms with Gasteiger partial charge in [0.15, 0.2) is 5.78 Å². The molecule has 4 nitrogen and oxygen atoms in total.